The normalized spacial score (nSPS) is 22.0. The molecule has 2 saturated carbocycles. The number of nitrogens with zero attached hydrogens (tertiary/aromatic N) is 1. The van der Waals surface area contributed by atoms with Gasteiger partial charge in [-0.3, -0.25) is 4.79 Å². The quantitative estimate of drug-likeness (QED) is 0.464. The lowest BCUT2D eigenvalue weighted by atomic mass is 9.86. The van der Waals surface area contributed by atoms with Gasteiger partial charge >= 0.3 is 5.97 Å². The van der Waals surface area contributed by atoms with Crippen LogP contribution in [0.25, 0.3) is 0 Å². The number of ether oxygens (including phenoxy) is 1. The summed E-state index contributed by atoms with van der Waals surface area (Å²) in [5.74, 6) is 6.16. The summed E-state index contributed by atoms with van der Waals surface area (Å²) < 4.78 is 5.35. The summed E-state index contributed by atoms with van der Waals surface area (Å²) in [6, 6.07) is 1.89. The van der Waals surface area contributed by atoms with Crippen molar-refractivity contribution in [2.45, 2.75) is 97.6 Å². The Hall–Kier alpha value is -1.84. The van der Waals surface area contributed by atoms with E-state index in [0.29, 0.717) is 23.4 Å². The number of anilines is 1. The van der Waals surface area contributed by atoms with Gasteiger partial charge in [-0.2, -0.15) is 0 Å². The third kappa shape index (κ3) is 6.36. The van der Waals surface area contributed by atoms with Crippen molar-refractivity contribution in [2.75, 3.05) is 11.5 Å². The Labute approximate surface area is 196 Å². The van der Waals surface area contributed by atoms with Crippen LogP contribution in [0.4, 0.5) is 5.69 Å². The van der Waals surface area contributed by atoms with E-state index >= 15 is 0 Å². The van der Waals surface area contributed by atoms with Gasteiger partial charge in [0.15, 0.2) is 0 Å². The summed E-state index contributed by atoms with van der Waals surface area (Å²) in [4.78, 5) is 29.8. The van der Waals surface area contributed by atoms with Crippen molar-refractivity contribution in [2.24, 2.45) is 11.3 Å². The van der Waals surface area contributed by atoms with Crippen molar-refractivity contribution in [1.29, 1.82) is 0 Å². The molecular weight excluding hydrogens is 422 g/mol. The molecule has 2 aliphatic carbocycles. The molecule has 0 unspecified atom stereocenters. The van der Waals surface area contributed by atoms with Crippen molar-refractivity contribution in [3.63, 3.8) is 0 Å². The van der Waals surface area contributed by atoms with Crippen LogP contribution in [-0.2, 0) is 9.53 Å². The summed E-state index contributed by atoms with van der Waals surface area (Å²) in [7, 11) is 0. The molecule has 2 aliphatic rings. The lowest BCUT2D eigenvalue weighted by Crippen LogP contribution is -2.46. The van der Waals surface area contributed by atoms with Gasteiger partial charge in [0.2, 0.25) is 5.91 Å². The molecule has 0 atom stereocenters. The second-order valence-electron chi connectivity index (χ2n) is 10.1. The zero-order chi connectivity index (χ0) is 23.3. The molecule has 5 nitrogen and oxygen atoms in total. The van der Waals surface area contributed by atoms with E-state index in [9.17, 15) is 14.7 Å². The fraction of sp³-hybridized carbons (Fsp3) is 0.692. The Morgan fingerprint density at radius 3 is 2.38 bits per heavy atom. The molecule has 0 aromatic carbocycles. The minimum atomic E-state index is -0.395. The first-order chi connectivity index (χ1) is 15.2. The molecule has 176 valence electrons. The fourth-order valence-electron chi connectivity index (χ4n) is 4.57. The first-order valence-corrected chi connectivity index (χ1v) is 12.9. The Bertz CT molecular complexity index is 859. The largest absolute Gasteiger partial charge is 0.462 e. The van der Waals surface area contributed by atoms with Crippen LogP contribution in [0.1, 0.15) is 100 Å². The van der Waals surface area contributed by atoms with Crippen molar-refractivity contribution >= 4 is 28.9 Å². The predicted octanol–water partition coefficient (Wildman–Crippen LogP) is 5.54. The highest BCUT2D eigenvalue weighted by Gasteiger charge is 2.36. The van der Waals surface area contributed by atoms with E-state index in [1.807, 2.05) is 31.7 Å². The molecule has 32 heavy (non-hydrogen) atoms. The molecule has 1 N–H and O–H groups in total. The number of rotatable bonds is 5. The summed E-state index contributed by atoms with van der Waals surface area (Å²) in [5, 5.41) is 10.0. The van der Waals surface area contributed by atoms with Gasteiger partial charge < -0.3 is 14.7 Å². The number of aliphatic hydroxyl groups excluding tert-OH is 1. The van der Waals surface area contributed by atoms with E-state index in [1.54, 1.807) is 6.92 Å². The van der Waals surface area contributed by atoms with Crippen LogP contribution in [0.3, 0.4) is 0 Å². The maximum atomic E-state index is 13.8. The molecule has 2 fully saturated rings. The van der Waals surface area contributed by atoms with Gasteiger partial charge in [0.1, 0.15) is 4.88 Å². The third-order valence-corrected chi connectivity index (χ3v) is 7.24. The van der Waals surface area contributed by atoms with Crippen LogP contribution in [-0.4, -0.2) is 35.7 Å². The number of carbonyl (C=O) groups excluding carboxylic acids is 2. The highest BCUT2D eigenvalue weighted by atomic mass is 32.1. The summed E-state index contributed by atoms with van der Waals surface area (Å²) in [6.45, 7) is 8.22. The van der Waals surface area contributed by atoms with Gasteiger partial charge in [-0.25, -0.2) is 4.79 Å². The molecule has 6 heteroatoms. The Morgan fingerprint density at radius 2 is 1.78 bits per heavy atom. The molecule has 1 aromatic heterocycles. The smallest absolute Gasteiger partial charge is 0.350 e. The van der Waals surface area contributed by atoms with Gasteiger partial charge in [-0.15, -0.1) is 11.3 Å². The van der Waals surface area contributed by atoms with Crippen LogP contribution >= 0.6 is 11.3 Å². The number of hydrogen-bond acceptors (Lipinski definition) is 5. The molecule has 3 rings (SSSR count). The zero-order valence-corrected chi connectivity index (χ0v) is 20.7. The Kier molecular flexibility index (Phi) is 8.41. The minimum Gasteiger partial charge on any atom is -0.462 e. The summed E-state index contributed by atoms with van der Waals surface area (Å²) in [5.41, 5.74) is 0.481. The molecule has 0 saturated heterocycles. The van der Waals surface area contributed by atoms with Crippen molar-refractivity contribution in [1.82, 2.24) is 0 Å². The molecule has 1 aromatic rings. The highest BCUT2D eigenvalue weighted by molar-refractivity contribution is 7.15. The van der Waals surface area contributed by atoms with Crippen molar-refractivity contribution < 1.29 is 19.4 Å². The number of esters is 1. The van der Waals surface area contributed by atoms with E-state index in [1.165, 1.54) is 17.8 Å². The van der Waals surface area contributed by atoms with E-state index < -0.39 is 5.97 Å². The van der Waals surface area contributed by atoms with Gasteiger partial charge in [0.05, 0.1) is 23.3 Å². The molecule has 1 amide bonds. The van der Waals surface area contributed by atoms with Gasteiger partial charge in [-0.05, 0) is 72.3 Å². The number of thiophene rings is 1. The summed E-state index contributed by atoms with van der Waals surface area (Å²) in [6.07, 6.45) is 7.65. The second kappa shape index (κ2) is 10.9. The Morgan fingerprint density at radius 1 is 1.12 bits per heavy atom. The van der Waals surface area contributed by atoms with E-state index in [4.69, 9.17) is 4.74 Å². The lowest BCUT2D eigenvalue weighted by Gasteiger charge is -2.38. The van der Waals surface area contributed by atoms with Crippen molar-refractivity contribution in [3.8, 4) is 11.8 Å². The average molecular weight is 460 g/mol. The van der Waals surface area contributed by atoms with E-state index in [2.05, 4.69) is 11.8 Å². The predicted molar refractivity (Wildman–Crippen MR) is 129 cm³/mol. The lowest BCUT2D eigenvalue weighted by molar-refractivity contribution is -0.124. The van der Waals surface area contributed by atoms with E-state index in [0.717, 1.165) is 43.4 Å². The number of carbonyl (C=O) groups is 2. The monoisotopic (exact) mass is 459 g/mol. The van der Waals surface area contributed by atoms with Crippen LogP contribution < -0.4 is 4.90 Å². The molecule has 0 bridgehead atoms. The second-order valence-corrected chi connectivity index (χ2v) is 11.1. The molecule has 0 aliphatic heterocycles. The first-order valence-electron chi connectivity index (χ1n) is 12.0. The highest BCUT2D eigenvalue weighted by Crippen LogP contribution is 2.38. The first kappa shape index (κ1) is 24.8. The number of aliphatic hydroxyl groups is 1. The fourth-order valence-corrected chi connectivity index (χ4v) is 5.47. The van der Waals surface area contributed by atoms with Crippen LogP contribution in [0.2, 0.25) is 0 Å². The zero-order valence-electron chi connectivity index (χ0n) is 19.9. The maximum Gasteiger partial charge on any atom is 0.350 e. The Balaban J connectivity index is 2.04. The van der Waals surface area contributed by atoms with Gasteiger partial charge in [0, 0.05) is 17.4 Å². The maximum absolute atomic E-state index is 13.8. The standard InChI is InChI=1S/C26H37NO4S/c1-5-31-25(30)23-22(17-21(32-23)15-16-26(2,3)4)27(19-11-13-20(28)14-12-19)24(29)18-9-7-6-8-10-18/h17-20,28H,5-14H2,1-4H3/t19-,20+. The topological polar surface area (TPSA) is 66.8 Å². The van der Waals surface area contributed by atoms with Gasteiger partial charge in [-0.1, -0.05) is 31.1 Å². The van der Waals surface area contributed by atoms with Crippen LogP contribution in [0, 0.1) is 23.2 Å². The van der Waals surface area contributed by atoms with Crippen molar-refractivity contribution in [3.05, 3.63) is 15.8 Å². The molecule has 0 spiro atoms. The van der Waals surface area contributed by atoms with E-state index in [-0.39, 0.29) is 36.0 Å². The number of hydrogen-bond donors (Lipinski definition) is 1. The van der Waals surface area contributed by atoms with Crippen LogP contribution in [0.5, 0.6) is 0 Å². The molecular formula is C26H37NO4S. The minimum absolute atomic E-state index is 0.00495. The number of amides is 1. The molecule has 0 radical (unpaired) electrons. The molecule has 1 heterocycles. The van der Waals surface area contributed by atoms with Crippen LogP contribution in [0.15, 0.2) is 6.07 Å². The van der Waals surface area contributed by atoms with Gasteiger partial charge in [0.25, 0.3) is 0 Å². The SMILES string of the molecule is CCOC(=O)c1sc(C#CC(C)(C)C)cc1N(C(=O)C1CCCCC1)[C@H]1CC[C@@H](O)CC1. The third-order valence-electron chi connectivity index (χ3n) is 6.22. The summed E-state index contributed by atoms with van der Waals surface area (Å²) >= 11 is 1.31. The average Bonchev–Trinajstić information content (AvgIpc) is 3.18.